The highest BCUT2D eigenvalue weighted by atomic mass is 32.2. The van der Waals surface area contributed by atoms with Gasteiger partial charge in [0.2, 0.25) is 5.91 Å². The first kappa shape index (κ1) is 19.2. The Labute approximate surface area is 153 Å². The molecule has 0 radical (unpaired) electrons. The van der Waals surface area contributed by atoms with Crippen molar-refractivity contribution >= 4 is 27.3 Å². The number of sulfonamides is 1. The molecule has 0 aliphatic carbocycles. The standard InChI is InChI=1S/C19H19N3O3S/c1-3-14-22(18-8-4-16(5-9-18)12-13-20)26(24,25)19-10-6-17(7-11-19)21-15(2)23/h3-11H,1,12,14H2,2H3,(H,21,23). The van der Waals surface area contributed by atoms with Gasteiger partial charge < -0.3 is 5.32 Å². The number of nitrogens with zero attached hydrogens (tertiary/aromatic N) is 2. The number of carbonyl (C=O) groups is 1. The molecule has 0 atom stereocenters. The topological polar surface area (TPSA) is 90.3 Å². The number of hydrogen-bond donors (Lipinski definition) is 1. The molecule has 0 fully saturated rings. The average Bonchev–Trinajstić information content (AvgIpc) is 2.61. The van der Waals surface area contributed by atoms with Gasteiger partial charge in [-0.2, -0.15) is 5.26 Å². The highest BCUT2D eigenvalue weighted by Crippen LogP contribution is 2.25. The van der Waals surface area contributed by atoms with Crippen molar-refractivity contribution < 1.29 is 13.2 Å². The van der Waals surface area contributed by atoms with Gasteiger partial charge in [-0.25, -0.2) is 8.42 Å². The fourth-order valence-corrected chi connectivity index (χ4v) is 3.81. The molecule has 0 aromatic heterocycles. The summed E-state index contributed by atoms with van der Waals surface area (Å²) in [6.07, 6.45) is 1.77. The van der Waals surface area contributed by atoms with Gasteiger partial charge in [0.1, 0.15) is 0 Å². The summed E-state index contributed by atoms with van der Waals surface area (Å²) in [5, 5.41) is 11.3. The van der Waals surface area contributed by atoms with Gasteiger partial charge in [-0.05, 0) is 42.0 Å². The second-order valence-corrected chi connectivity index (χ2v) is 7.39. The summed E-state index contributed by atoms with van der Waals surface area (Å²) in [6, 6.07) is 14.8. The van der Waals surface area contributed by atoms with Crippen LogP contribution in [0.15, 0.2) is 66.1 Å². The largest absolute Gasteiger partial charge is 0.326 e. The fourth-order valence-electron chi connectivity index (χ4n) is 2.37. The van der Waals surface area contributed by atoms with Gasteiger partial charge in [0.25, 0.3) is 10.0 Å². The molecule has 0 aliphatic heterocycles. The Bertz CT molecular complexity index is 927. The number of anilines is 2. The minimum atomic E-state index is -3.80. The minimum Gasteiger partial charge on any atom is -0.326 e. The molecule has 0 heterocycles. The predicted octanol–water partition coefficient (Wildman–Crippen LogP) is 3.09. The maximum Gasteiger partial charge on any atom is 0.264 e. The molecule has 0 saturated carbocycles. The van der Waals surface area contributed by atoms with Gasteiger partial charge in [-0.15, -0.1) is 6.58 Å². The Kier molecular flexibility index (Phi) is 6.15. The second-order valence-electron chi connectivity index (χ2n) is 5.53. The second kappa shape index (κ2) is 8.32. The van der Waals surface area contributed by atoms with Crippen molar-refractivity contribution in [1.29, 1.82) is 5.26 Å². The Balaban J connectivity index is 2.36. The minimum absolute atomic E-state index is 0.105. The normalized spacial score (nSPS) is 10.6. The fraction of sp³-hybridized carbons (Fsp3) is 0.158. The highest BCUT2D eigenvalue weighted by molar-refractivity contribution is 7.92. The van der Waals surface area contributed by atoms with Gasteiger partial charge in [0.15, 0.2) is 0 Å². The zero-order chi connectivity index (χ0) is 19.2. The summed E-state index contributed by atoms with van der Waals surface area (Å²) in [7, 11) is -3.80. The SMILES string of the molecule is C=CCN(c1ccc(CC#N)cc1)S(=O)(=O)c1ccc(NC(C)=O)cc1. The summed E-state index contributed by atoms with van der Waals surface area (Å²) < 4.78 is 27.3. The molecule has 0 saturated heterocycles. The number of amides is 1. The zero-order valence-electron chi connectivity index (χ0n) is 14.3. The lowest BCUT2D eigenvalue weighted by molar-refractivity contribution is -0.114. The van der Waals surface area contributed by atoms with E-state index in [1.54, 1.807) is 24.3 Å². The van der Waals surface area contributed by atoms with Gasteiger partial charge >= 0.3 is 0 Å². The van der Waals surface area contributed by atoms with Crippen molar-refractivity contribution in [2.75, 3.05) is 16.2 Å². The molecule has 0 bridgehead atoms. The van der Waals surface area contributed by atoms with Crippen molar-refractivity contribution in [2.24, 2.45) is 0 Å². The third-order valence-corrected chi connectivity index (χ3v) is 5.37. The molecule has 0 unspecified atom stereocenters. The molecule has 6 nitrogen and oxygen atoms in total. The number of carbonyl (C=O) groups excluding carboxylic acids is 1. The van der Waals surface area contributed by atoms with Crippen molar-refractivity contribution in [2.45, 2.75) is 18.2 Å². The summed E-state index contributed by atoms with van der Waals surface area (Å²) in [5.41, 5.74) is 1.82. The molecular formula is C19H19N3O3S. The number of rotatable bonds is 7. The lowest BCUT2D eigenvalue weighted by atomic mass is 10.1. The van der Waals surface area contributed by atoms with E-state index in [2.05, 4.69) is 18.0 Å². The Morgan fingerprint density at radius 3 is 2.31 bits per heavy atom. The molecule has 7 heteroatoms. The molecule has 0 spiro atoms. The van der Waals surface area contributed by atoms with Crippen LogP contribution in [0.2, 0.25) is 0 Å². The van der Waals surface area contributed by atoms with Crippen LogP contribution < -0.4 is 9.62 Å². The third kappa shape index (κ3) is 4.49. The van der Waals surface area contributed by atoms with Crippen molar-refractivity contribution in [1.82, 2.24) is 0 Å². The van der Waals surface area contributed by atoms with E-state index in [0.717, 1.165) is 5.56 Å². The summed E-state index contributed by atoms with van der Waals surface area (Å²) in [6.45, 7) is 5.12. The number of hydrogen-bond acceptors (Lipinski definition) is 4. The summed E-state index contributed by atoms with van der Waals surface area (Å²) >= 11 is 0. The van der Waals surface area contributed by atoms with Crippen LogP contribution >= 0.6 is 0 Å². The number of nitriles is 1. The van der Waals surface area contributed by atoms with Gasteiger partial charge in [-0.3, -0.25) is 9.10 Å². The van der Waals surface area contributed by atoms with E-state index in [4.69, 9.17) is 5.26 Å². The van der Waals surface area contributed by atoms with Crippen LogP contribution in [-0.4, -0.2) is 20.9 Å². The zero-order valence-corrected chi connectivity index (χ0v) is 15.2. The van der Waals surface area contributed by atoms with Gasteiger partial charge in [0, 0.05) is 12.6 Å². The lowest BCUT2D eigenvalue weighted by Gasteiger charge is -2.23. The van der Waals surface area contributed by atoms with Crippen LogP contribution in [0.1, 0.15) is 12.5 Å². The maximum absolute atomic E-state index is 13.0. The predicted molar refractivity (Wildman–Crippen MR) is 101 cm³/mol. The van der Waals surface area contributed by atoms with Crippen LogP contribution in [-0.2, 0) is 21.2 Å². The lowest BCUT2D eigenvalue weighted by Crippen LogP contribution is -2.31. The van der Waals surface area contributed by atoms with E-state index < -0.39 is 10.0 Å². The molecule has 1 amide bonds. The van der Waals surface area contributed by atoms with Crippen LogP contribution in [0.4, 0.5) is 11.4 Å². The van der Waals surface area contributed by atoms with Crippen LogP contribution in [0.5, 0.6) is 0 Å². The molecule has 1 N–H and O–H groups in total. The van der Waals surface area contributed by atoms with Gasteiger partial charge in [0.05, 0.1) is 29.6 Å². The Morgan fingerprint density at radius 1 is 1.19 bits per heavy atom. The summed E-state index contributed by atoms with van der Waals surface area (Å²) in [4.78, 5) is 11.2. The van der Waals surface area contributed by atoms with Crippen molar-refractivity contribution in [3.8, 4) is 6.07 Å². The first-order chi connectivity index (χ1) is 12.4. The average molecular weight is 369 g/mol. The summed E-state index contributed by atoms with van der Waals surface area (Å²) in [5.74, 6) is -0.230. The maximum atomic E-state index is 13.0. The van der Waals surface area contributed by atoms with Gasteiger partial charge in [-0.1, -0.05) is 18.2 Å². The molecule has 0 aliphatic rings. The Hall–Kier alpha value is -3.11. The van der Waals surface area contributed by atoms with Crippen LogP contribution in [0.25, 0.3) is 0 Å². The van der Waals surface area contributed by atoms with Crippen molar-refractivity contribution in [3.05, 3.63) is 66.7 Å². The number of nitrogens with one attached hydrogen (secondary N) is 1. The van der Waals surface area contributed by atoms with E-state index in [1.165, 1.54) is 41.6 Å². The first-order valence-electron chi connectivity index (χ1n) is 7.85. The Morgan fingerprint density at radius 2 is 1.81 bits per heavy atom. The smallest absolute Gasteiger partial charge is 0.264 e. The van der Waals surface area contributed by atoms with E-state index >= 15 is 0 Å². The van der Waals surface area contributed by atoms with Crippen molar-refractivity contribution in [3.63, 3.8) is 0 Å². The van der Waals surface area contributed by atoms with E-state index in [9.17, 15) is 13.2 Å². The third-order valence-electron chi connectivity index (χ3n) is 3.57. The monoisotopic (exact) mass is 369 g/mol. The molecule has 134 valence electrons. The number of benzene rings is 2. The first-order valence-corrected chi connectivity index (χ1v) is 9.29. The highest BCUT2D eigenvalue weighted by Gasteiger charge is 2.24. The van der Waals surface area contributed by atoms with E-state index in [-0.39, 0.29) is 23.8 Å². The molecule has 26 heavy (non-hydrogen) atoms. The molecule has 2 aromatic rings. The quantitative estimate of drug-likeness (QED) is 0.759. The van der Waals surface area contributed by atoms with E-state index in [0.29, 0.717) is 11.4 Å². The molecular weight excluding hydrogens is 350 g/mol. The van der Waals surface area contributed by atoms with E-state index in [1.807, 2.05) is 0 Å². The van der Waals surface area contributed by atoms with Crippen LogP contribution in [0.3, 0.4) is 0 Å². The molecule has 2 rings (SSSR count). The molecule has 2 aromatic carbocycles. The van der Waals surface area contributed by atoms with Crippen LogP contribution in [0, 0.1) is 11.3 Å².